The molecule has 3 aromatic carbocycles. The highest BCUT2D eigenvalue weighted by Crippen LogP contribution is 2.18. The van der Waals surface area contributed by atoms with Gasteiger partial charge in [-0.3, -0.25) is 9.59 Å². The Kier molecular flexibility index (Phi) is 5.67. The maximum absolute atomic E-state index is 13.0. The summed E-state index contributed by atoms with van der Waals surface area (Å²) in [6.07, 6.45) is -0.874. The summed E-state index contributed by atoms with van der Waals surface area (Å²) in [5, 5.41) is 6.01. The highest BCUT2D eigenvalue weighted by molar-refractivity contribution is 6.05. The normalized spacial score (nSPS) is 11.5. The van der Waals surface area contributed by atoms with Gasteiger partial charge in [-0.25, -0.2) is 0 Å². The fourth-order valence-corrected chi connectivity index (χ4v) is 2.87. The van der Waals surface area contributed by atoms with E-state index in [0.717, 1.165) is 16.8 Å². The number of anilines is 1. The molecular formula is C23H22N2O2. The van der Waals surface area contributed by atoms with Gasteiger partial charge in [0.2, 0.25) is 5.78 Å². The Bertz CT molecular complexity index is 937. The van der Waals surface area contributed by atoms with Crippen molar-refractivity contribution in [3.8, 4) is 0 Å². The summed E-state index contributed by atoms with van der Waals surface area (Å²) in [7, 11) is 0. The summed E-state index contributed by atoms with van der Waals surface area (Å²) < 4.78 is 0. The maximum Gasteiger partial charge on any atom is 0.253 e. The van der Waals surface area contributed by atoms with Gasteiger partial charge in [0.05, 0.1) is 0 Å². The minimum Gasteiger partial charge on any atom is -0.359 e. The summed E-state index contributed by atoms with van der Waals surface area (Å²) in [5.74, 6) is -0.498. The predicted octanol–water partition coefficient (Wildman–Crippen LogP) is 4.35. The Morgan fingerprint density at radius 2 is 1.37 bits per heavy atom. The molecule has 3 rings (SSSR count). The molecule has 0 bridgehead atoms. The number of nitrogens with one attached hydrogen (secondary N) is 2. The van der Waals surface area contributed by atoms with Crippen molar-refractivity contribution in [3.63, 3.8) is 0 Å². The first-order chi connectivity index (χ1) is 13.0. The lowest BCUT2D eigenvalue weighted by Crippen LogP contribution is -2.46. The van der Waals surface area contributed by atoms with E-state index >= 15 is 0 Å². The zero-order chi connectivity index (χ0) is 19.2. The van der Waals surface area contributed by atoms with Gasteiger partial charge in [0.15, 0.2) is 6.17 Å². The average Bonchev–Trinajstić information content (AvgIpc) is 2.70. The molecule has 1 amide bonds. The third kappa shape index (κ3) is 4.61. The van der Waals surface area contributed by atoms with Crippen LogP contribution in [-0.4, -0.2) is 17.9 Å². The molecule has 1 atom stereocenters. The summed E-state index contributed by atoms with van der Waals surface area (Å²) in [6.45, 7) is 3.99. The van der Waals surface area contributed by atoms with E-state index in [1.54, 1.807) is 48.5 Å². The van der Waals surface area contributed by atoms with E-state index in [0.29, 0.717) is 11.1 Å². The quantitative estimate of drug-likeness (QED) is 0.509. The van der Waals surface area contributed by atoms with E-state index in [1.165, 1.54) is 0 Å². The van der Waals surface area contributed by atoms with Gasteiger partial charge in [-0.15, -0.1) is 0 Å². The molecule has 0 aliphatic heterocycles. The summed E-state index contributed by atoms with van der Waals surface area (Å²) >= 11 is 0. The number of rotatable bonds is 6. The predicted molar refractivity (Wildman–Crippen MR) is 108 cm³/mol. The number of hydrogen-bond donors (Lipinski definition) is 2. The van der Waals surface area contributed by atoms with Crippen molar-refractivity contribution in [2.75, 3.05) is 5.32 Å². The van der Waals surface area contributed by atoms with Crippen LogP contribution in [0.5, 0.6) is 0 Å². The van der Waals surface area contributed by atoms with E-state index in [4.69, 9.17) is 0 Å². The Labute approximate surface area is 159 Å². The first-order valence-electron chi connectivity index (χ1n) is 8.83. The highest BCUT2D eigenvalue weighted by Gasteiger charge is 2.23. The number of hydrogen-bond acceptors (Lipinski definition) is 3. The molecule has 2 N–H and O–H groups in total. The second kappa shape index (κ2) is 8.32. The van der Waals surface area contributed by atoms with E-state index in [9.17, 15) is 9.59 Å². The molecule has 3 aromatic rings. The van der Waals surface area contributed by atoms with Gasteiger partial charge >= 0.3 is 0 Å². The molecule has 0 aromatic heterocycles. The molecule has 4 heteroatoms. The van der Waals surface area contributed by atoms with Gasteiger partial charge in [0.25, 0.3) is 5.91 Å². The van der Waals surface area contributed by atoms with Crippen LogP contribution in [-0.2, 0) is 0 Å². The van der Waals surface area contributed by atoms with Gasteiger partial charge in [0, 0.05) is 16.8 Å². The molecule has 0 aliphatic carbocycles. The second-order valence-corrected chi connectivity index (χ2v) is 6.47. The van der Waals surface area contributed by atoms with Crippen molar-refractivity contribution in [1.82, 2.24) is 5.32 Å². The number of carbonyl (C=O) groups is 2. The molecule has 0 saturated heterocycles. The Morgan fingerprint density at radius 3 is 1.96 bits per heavy atom. The average molecular weight is 358 g/mol. The van der Waals surface area contributed by atoms with Gasteiger partial charge in [-0.1, -0.05) is 66.2 Å². The van der Waals surface area contributed by atoms with Crippen LogP contribution >= 0.6 is 0 Å². The van der Waals surface area contributed by atoms with E-state index in [-0.39, 0.29) is 11.7 Å². The second-order valence-electron chi connectivity index (χ2n) is 6.47. The van der Waals surface area contributed by atoms with Crippen molar-refractivity contribution in [1.29, 1.82) is 0 Å². The van der Waals surface area contributed by atoms with Crippen molar-refractivity contribution < 1.29 is 9.59 Å². The zero-order valence-corrected chi connectivity index (χ0v) is 15.4. The minimum atomic E-state index is -0.874. The van der Waals surface area contributed by atoms with Crippen LogP contribution < -0.4 is 10.6 Å². The van der Waals surface area contributed by atoms with Gasteiger partial charge in [-0.2, -0.15) is 0 Å². The fraction of sp³-hybridized carbons (Fsp3) is 0.130. The molecule has 0 fully saturated rings. The molecule has 4 nitrogen and oxygen atoms in total. The third-order valence-electron chi connectivity index (χ3n) is 4.31. The maximum atomic E-state index is 13.0. The molecule has 0 radical (unpaired) electrons. The number of aryl methyl sites for hydroxylation is 2. The Balaban J connectivity index is 1.88. The van der Waals surface area contributed by atoms with Crippen LogP contribution in [0.1, 0.15) is 31.8 Å². The SMILES string of the molecule is Cc1ccc(N[C@H](NC(=O)c2ccccc2)C(=O)c2ccccc2)c(C)c1. The Morgan fingerprint density at radius 1 is 0.778 bits per heavy atom. The number of carbonyl (C=O) groups excluding carboxylic acids is 2. The summed E-state index contributed by atoms with van der Waals surface area (Å²) in [6, 6.07) is 23.7. The number of benzene rings is 3. The summed E-state index contributed by atoms with van der Waals surface area (Å²) in [5.41, 5.74) is 3.99. The molecule has 0 saturated carbocycles. The van der Waals surface area contributed by atoms with E-state index in [2.05, 4.69) is 10.6 Å². The van der Waals surface area contributed by atoms with Crippen molar-refractivity contribution in [3.05, 3.63) is 101 Å². The first kappa shape index (κ1) is 18.4. The van der Waals surface area contributed by atoms with E-state index in [1.807, 2.05) is 44.2 Å². The van der Waals surface area contributed by atoms with Gasteiger partial charge in [-0.05, 0) is 37.6 Å². The highest BCUT2D eigenvalue weighted by atomic mass is 16.2. The number of amides is 1. The van der Waals surface area contributed by atoms with Crippen LogP contribution in [0.25, 0.3) is 0 Å². The molecule has 27 heavy (non-hydrogen) atoms. The van der Waals surface area contributed by atoms with Crippen LogP contribution in [0.15, 0.2) is 78.9 Å². The first-order valence-corrected chi connectivity index (χ1v) is 8.83. The topological polar surface area (TPSA) is 58.2 Å². The standard InChI is InChI=1S/C23H22N2O2/c1-16-13-14-20(17(2)15-16)24-22(21(26)18-9-5-3-6-10-18)25-23(27)19-11-7-4-8-12-19/h3-15,22,24H,1-2H3,(H,25,27)/t22-/m1/s1. The molecular weight excluding hydrogens is 336 g/mol. The van der Waals surface area contributed by atoms with Crippen LogP contribution in [0.3, 0.4) is 0 Å². The molecule has 0 spiro atoms. The number of ketones is 1. The number of Topliss-reactive ketones (excluding diaryl/α,β-unsaturated/α-hetero) is 1. The monoisotopic (exact) mass is 358 g/mol. The van der Waals surface area contributed by atoms with Crippen LogP contribution in [0, 0.1) is 13.8 Å². The van der Waals surface area contributed by atoms with Crippen LogP contribution in [0.4, 0.5) is 5.69 Å². The lowest BCUT2D eigenvalue weighted by atomic mass is 10.1. The van der Waals surface area contributed by atoms with E-state index < -0.39 is 6.17 Å². The largest absolute Gasteiger partial charge is 0.359 e. The lowest BCUT2D eigenvalue weighted by Gasteiger charge is -2.22. The zero-order valence-electron chi connectivity index (χ0n) is 15.4. The lowest BCUT2D eigenvalue weighted by molar-refractivity contribution is 0.0869. The molecule has 0 unspecified atom stereocenters. The summed E-state index contributed by atoms with van der Waals surface area (Å²) in [4.78, 5) is 25.6. The van der Waals surface area contributed by atoms with Gasteiger partial charge < -0.3 is 10.6 Å². The molecule has 0 aliphatic rings. The molecule has 0 heterocycles. The van der Waals surface area contributed by atoms with Crippen LogP contribution in [0.2, 0.25) is 0 Å². The van der Waals surface area contributed by atoms with Crippen molar-refractivity contribution in [2.45, 2.75) is 20.0 Å². The van der Waals surface area contributed by atoms with Gasteiger partial charge in [0.1, 0.15) is 0 Å². The Hall–Kier alpha value is -3.40. The minimum absolute atomic E-state index is 0.195. The third-order valence-corrected chi connectivity index (χ3v) is 4.31. The fourth-order valence-electron chi connectivity index (χ4n) is 2.87. The molecule has 136 valence electrons. The smallest absolute Gasteiger partial charge is 0.253 e. The van der Waals surface area contributed by atoms with Crippen molar-refractivity contribution in [2.24, 2.45) is 0 Å². The van der Waals surface area contributed by atoms with Crippen molar-refractivity contribution >= 4 is 17.4 Å².